The summed E-state index contributed by atoms with van der Waals surface area (Å²) >= 11 is 0. The number of morpholine rings is 1. The SMILES string of the molecule is Cc1ccc(-c2noc(CN3CCN(C(=O)c4ccc(N5CCOCC5)c([N+](=O)[O-])c4)CC3)n2)cc1. The van der Waals surface area contributed by atoms with Gasteiger partial charge in [-0.1, -0.05) is 35.0 Å². The monoisotopic (exact) mass is 492 g/mol. The lowest BCUT2D eigenvalue weighted by Crippen LogP contribution is -2.48. The van der Waals surface area contributed by atoms with Crippen LogP contribution in [0.5, 0.6) is 0 Å². The molecule has 0 radical (unpaired) electrons. The number of rotatable bonds is 6. The van der Waals surface area contributed by atoms with Gasteiger partial charge in [0.1, 0.15) is 5.69 Å². The minimum atomic E-state index is -0.422. The van der Waals surface area contributed by atoms with Crippen molar-refractivity contribution < 1.29 is 19.0 Å². The number of anilines is 1. The zero-order valence-corrected chi connectivity index (χ0v) is 20.1. The molecule has 11 heteroatoms. The lowest BCUT2D eigenvalue weighted by molar-refractivity contribution is -0.384. The van der Waals surface area contributed by atoms with E-state index in [4.69, 9.17) is 9.26 Å². The van der Waals surface area contributed by atoms with Gasteiger partial charge in [0.25, 0.3) is 11.6 Å². The number of hydrogen-bond donors (Lipinski definition) is 0. The van der Waals surface area contributed by atoms with Gasteiger partial charge >= 0.3 is 0 Å². The Hall–Kier alpha value is -3.83. The number of carbonyl (C=O) groups is 1. The number of ether oxygens (including phenoxy) is 1. The molecule has 5 rings (SSSR count). The molecule has 1 aromatic heterocycles. The zero-order valence-electron chi connectivity index (χ0n) is 20.1. The van der Waals surface area contributed by atoms with Crippen molar-refractivity contribution in [2.45, 2.75) is 13.5 Å². The number of piperazine rings is 1. The van der Waals surface area contributed by atoms with Crippen molar-refractivity contribution in [1.29, 1.82) is 0 Å². The van der Waals surface area contributed by atoms with Gasteiger partial charge in [-0.15, -0.1) is 0 Å². The van der Waals surface area contributed by atoms with E-state index in [0.29, 0.717) is 82.0 Å². The van der Waals surface area contributed by atoms with Gasteiger partial charge in [0.15, 0.2) is 0 Å². The Morgan fingerprint density at radius 1 is 1.03 bits per heavy atom. The molecule has 2 saturated heterocycles. The van der Waals surface area contributed by atoms with Crippen LogP contribution in [0.15, 0.2) is 47.0 Å². The van der Waals surface area contributed by atoms with Gasteiger partial charge in [-0.25, -0.2) is 0 Å². The molecule has 1 amide bonds. The second-order valence-electron chi connectivity index (χ2n) is 9.01. The van der Waals surface area contributed by atoms with Crippen LogP contribution >= 0.6 is 0 Å². The molecule has 0 unspecified atom stereocenters. The fourth-order valence-corrected chi connectivity index (χ4v) is 4.50. The first-order valence-electron chi connectivity index (χ1n) is 12.0. The molecule has 0 spiro atoms. The highest BCUT2D eigenvalue weighted by atomic mass is 16.6. The van der Waals surface area contributed by atoms with Crippen molar-refractivity contribution in [2.75, 3.05) is 57.4 Å². The number of hydrogen-bond acceptors (Lipinski definition) is 9. The van der Waals surface area contributed by atoms with E-state index >= 15 is 0 Å². The number of nitro groups is 1. The van der Waals surface area contributed by atoms with Crippen LogP contribution in [0.3, 0.4) is 0 Å². The maximum atomic E-state index is 13.1. The first-order chi connectivity index (χ1) is 17.5. The second-order valence-corrected chi connectivity index (χ2v) is 9.01. The normalized spacial score (nSPS) is 16.8. The van der Waals surface area contributed by atoms with Crippen LogP contribution in [-0.2, 0) is 11.3 Å². The average molecular weight is 493 g/mol. The predicted octanol–water partition coefficient (Wildman–Crippen LogP) is 2.75. The topological polar surface area (TPSA) is 118 Å². The fourth-order valence-electron chi connectivity index (χ4n) is 4.50. The Kier molecular flexibility index (Phi) is 6.92. The lowest BCUT2D eigenvalue weighted by atomic mass is 10.1. The third-order valence-corrected chi connectivity index (χ3v) is 6.57. The average Bonchev–Trinajstić information content (AvgIpc) is 3.37. The molecule has 0 atom stereocenters. The van der Waals surface area contributed by atoms with Crippen molar-refractivity contribution in [3.8, 4) is 11.4 Å². The predicted molar refractivity (Wildman–Crippen MR) is 132 cm³/mol. The molecule has 0 N–H and O–H groups in total. The summed E-state index contributed by atoms with van der Waals surface area (Å²) in [6, 6.07) is 12.7. The molecule has 11 nitrogen and oxygen atoms in total. The Bertz CT molecular complexity index is 1230. The molecule has 3 heterocycles. The summed E-state index contributed by atoms with van der Waals surface area (Å²) in [7, 11) is 0. The standard InChI is InChI=1S/C25H28N6O5/c1-18-2-4-19(5-3-18)24-26-23(36-27-24)17-28-8-10-30(11-9-28)25(32)20-6-7-21(22(16-20)31(33)34)29-12-14-35-15-13-29/h2-7,16H,8-15,17H2,1H3. The minimum Gasteiger partial charge on any atom is -0.378 e. The van der Waals surface area contributed by atoms with Crippen LogP contribution in [0.4, 0.5) is 11.4 Å². The second kappa shape index (κ2) is 10.4. The van der Waals surface area contributed by atoms with Gasteiger partial charge in [0.2, 0.25) is 11.7 Å². The number of nitrogens with zero attached hydrogens (tertiary/aromatic N) is 6. The summed E-state index contributed by atoms with van der Waals surface area (Å²) in [6.45, 7) is 7.05. The molecule has 2 aliphatic heterocycles. The maximum absolute atomic E-state index is 13.1. The fraction of sp³-hybridized carbons (Fsp3) is 0.400. The maximum Gasteiger partial charge on any atom is 0.293 e. The molecule has 2 fully saturated rings. The summed E-state index contributed by atoms with van der Waals surface area (Å²) in [5, 5.41) is 15.8. The van der Waals surface area contributed by atoms with Crippen molar-refractivity contribution in [3.05, 3.63) is 69.6 Å². The molecular weight excluding hydrogens is 464 g/mol. The molecule has 3 aromatic rings. The summed E-state index contributed by atoms with van der Waals surface area (Å²) in [5.74, 6) is 0.881. The zero-order chi connectivity index (χ0) is 25.1. The minimum absolute atomic E-state index is 0.0536. The van der Waals surface area contributed by atoms with Crippen LogP contribution in [-0.4, -0.2) is 83.3 Å². The third kappa shape index (κ3) is 5.21. The summed E-state index contributed by atoms with van der Waals surface area (Å²) in [6.07, 6.45) is 0. The van der Waals surface area contributed by atoms with E-state index in [1.807, 2.05) is 36.1 Å². The number of aromatic nitrogens is 2. The van der Waals surface area contributed by atoms with Crippen molar-refractivity contribution in [3.63, 3.8) is 0 Å². The molecule has 188 valence electrons. The van der Waals surface area contributed by atoms with Crippen LogP contribution in [0.25, 0.3) is 11.4 Å². The van der Waals surface area contributed by atoms with Gasteiger partial charge in [0, 0.05) is 56.5 Å². The number of carbonyl (C=O) groups excluding carboxylic acids is 1. The van der Waals surface area contributed by atoms with Gasteiger partial charge < -0.3 is 19.1 Å². The summed E-state index contributed by atoms with van der Waals surface area (Å²) < 4.78 is 10.8. The van der Waals surface area contributed by atoms with Gasteiger partial charge in [-0.3, -0.25) is 19.8 Å². The highest BCUT2D eigenvalue weighted by Gasteiger charge is 2.27. The van der Waals surface area contributed by atoms with E-state index < -0.39 is 4.92 Å². The Morgan fingerprint density at radius 3 is 2.44 bits per heavy atom. The molecule has 0 aliphatic carbocycles. The lowest BCUT2D eigenvalue weighted by Gasteiger charge is -2.34. The quantitative estimate of drug-likeness (QED) is 0.378. The first-order valence-corrected chi connectivity index (χ1v) is 12.0. The van der Waals surface area contributed by atoms with Gasteiger partial charge in [-0.2, -0.15) is 4.98 Å². The van der Waals surface area contributed by atoms with Gasteiger partial charge in [-0.05, 0) is 19.1 Å². The largest absolute Gasteiger partial charge is 0.378 e. The van der Waals surface area contributed by atoms with E-state index in [1.54, 1.807) is 17.0 Å². The number of benzene rings is 2. The number of nitro benzene ring substituents is 1. The smallest absolute Gasteiger partial charge is 0.293 e. The van der Waals surface area contributed by atoms with Crippen LogP contribution in [0, 0.1) is 17.0 Å². The summed E-state index contributed by atoms with van der Waals surface area (Å²) in [5.41, 5.74) is 2.86. The molecular formula is C25H28N6O5. The van der Waals surface area contributed by atoms with Gasteiger partial charge in [0.05, 0.1) is 24.7 Å². The molecule has 0 bridgehead atoms. The van der Waals surface area contributed by atoms with Crippen LogP contribution in [0.2, 0.25) is 0 Å². The number of aryl methyl sites for hydroxylation is 1. The molecule has 2 aliphatic rings. The molecule has 0 saturated carbocycles. The van der Waals surface area contributed by atoms with E-state index in [0.717, 1.165) is 11.1 Å². The van der Waals surface area contributed by atoms with Crippen molar-refractivity contribution >= 4 is 17.3 Å². The Morgan fingerprint density at radius 2 is 1.75 bits per heavy atom. The highest BCUT2D eigenvalue weighted by Crippen LogP contribution is 2.30. The van der Waals surface area contributed by atoms with Crippen LogP contribution in [0.1, 0.15) is 21.8 Å². The Balaban J connectivity index is 1.20. The summed E-state index contributed by atoms with van der Waals surface area (Å²) in [4.78, 5) is 34.8. The molecule has 36 heavy (non-hydrogen) atoms. The van der Waals surface area contributed by atoms with E-state index in [2.05, 4.69) is 15.0 Å². The number of amides is 1. The highest BCUT2D eigenvalue weighted by molar-refractivity contribution is 5.96. The molecule has 2 aromatic carbocycles. The van der Waals surface area contributed by atoms with E-state index in [9.17, 15) is 14.9 Å². The van der Waals surface area contributed by atoms with Crippen molar-refractivity contribution in [2.24, 2.45) is 0 Å². The van der Waals surface area contributed by atoms with Crippen LogP contribution < -0.4 is 4.90 Å². The van der Waals surface area contributed by atoms with E-state index in [-0.39, 0.29) is 11.6 Å². The first kappa shape index (κ1) is 23.9. The van der Waals surface area contributed by atoms with Crippen molar-refractivity contribution in [1.82, 2.24) is 19.9 Å². The Labute approximate surface area is 208 Å². The van der Waals surface area contributed by atoms with E-state index in [1.165, 1.54) is 6.07 Å². The third-order valence-electron chi connectivity index (χ3n) is 6.57.